The summed E-state index contributed by atoms with van der Waals surface area (Å²) in [7, 11) is 0. The lowest BCUT2D eigenvalue weighted by atomic mass is 9.98. The first kappa shape index (κ1) is 19.0. The molecular weight excluding hydrogens is 414 g/mol. The lowest BCUT2D eigenvalue weighted by Gasteiger charge is -2.11. The monoisotopic (exact) mass is 435 g/mol. The smallest absolute Gasteiger partial charge is 0.159 e. The molecule has 34 heavy (non-hydrogen) atoms. The first-order valence-corrected chi connectivity index (χ1v) is 11.5. The van der Waals surface area contributed by atoms with Crippen molar-refractivity contribution in [2.24, 2.45) is 0 Å². The fraction of sp³-hybridized carbons (Fsp3) is 0. The van der Waals surface area contributed by atoms with E-state index in [4.69, 9.17) is 4.42 Å². The van der Waals surface area contributed by atoms with E-state index in [0.717, 1.165) is 33.3 Å². The van der Waals surface area contributed by atoms with Crippen molar-refractivity contribution >= 4 is 54.9 Å². The molecular formula is C32H21NO. The summed E-state index contributed by atoms with van der Waals surface area (Å²) in [6.07, 6.45) is 0. The second-order valence-corrected chi connectivity index (χ2v) is 8.68. The number of benzene rings is 6. The van der Waals surface area contributed by atoms with E-state index in [1.165, 1.54) is 32.7 Å². The fourth-order valence-corrected chi connectivity index (χ4v) is 5.03. The Balaban J connectivity index is 1.34. The van der Waals surface area contributed by atoms with Crippen LogP contribution in [0.15, 0.2) is 126 Å². The van der Waals surface area contributed by atoms with Crippen LogP contribution in [0.3, 0.4) is 0 Å². The molecule has 6 aromatic carbocycles. The molecule has 7 aromatic rings. The predicted molar refractivity (Wildman–Crippen MR) is 144 cm³/mol. The van der Waals surface area contributed by atoms with Crippen LogP contribution >= 0.6 is 0 Å². The van der Waals surface area contributed by atoms with Gasteiger partial charge in [0.25, 0.3) is 0 Å². The fourth-order valence-electron chi connectivity index (χ4n) is 5.03. The van der Waals surface area contributed by atoms with Crippen molar-refractivity contribution in [3.05, 3.63) is 121 Å². The molecule has 7 rings (SSSR count). The Bertz CT molecular complexity index is 1820. The molecule has 2 heteroatoms. The van der Waals surface area contributed by atoms with Gasteiger partial charge in [0.15, 0.2) is 5.58 Å². The predicted octanol–water partition coefficient (Wildman–Crippen LogP) is 9.30. The molecule has 0 aliphatic carbocycles. The third-order valence-electron chi connectivity index (χ3n) is 6.63. The summed E-state index contributed by atoms with van der Waals surface area (Å²) in [5, 5.41) is 10.8. The maximum atomic E-state index is 6.34. The molecule has 0 aliphatic rings. The van der Waals surface area contributed by atoms with Gasteiger partial charge in [0.2, 0.25) is 0 Å². The summed E-state index contributed by atoms with van der Waals surface area (Å²) in [6.45, 7) is 0. The largest absolute Gasteiger partial charge is 0.454 e. The molecule has 0 saturated carbocycles. The molecule has 0 saturated heterocycles. The Morgan fingerprint density at radius 3 is 2.06 bits per heavy atom. The quantitative estimate of drug-likeness (QED) is 0.299. The summed E-state index contributed by atoms with van der Waals surface area (Å²) in [5.74, 6) is 0. The van der Waals surface area contributed by atoms with Gasteiger partial charge in [-0.3, -0.25) is 0 Å². The van der Waals surface area contributed by atoms with Crippen molar-refractivity contribution in [2.75, 3.05) is 5.32 Å². The van der Waals surface area contributed by atoms with Crippen molar-refractivity contribution < 1.29 is 4.42 Å². The first-order valence-electron chi connectivity index (χ1n) is 11.5. The van der Waals surface area contributed by atoms with E-state index in [0.29, 0.717) is 0 Å². The van der Waals surface area contributed by atoms with E-state index in [1.807, 2.05) is 12.1 Å². The SMILES string of the molecule is c1ccc2c(-c3ccc(Nc4cc5ccccc5c5c4oc4ccccc45)cc3)cccc2c1. The number of fused-ring (bicyclic) bond motifs is 6. The maximum absolute atomic E-state index is 6.34. The van der Waals surface area contributed by atoms with Crippen LogP contribution in [0.2, 0.25) is 0 Å². The second kappa shape index (κ2) is 7.50. The van der Waals surface area contributed by atoms with E-state index in [1.54, 1.807) is 0 Å². The van der Waals surface area contributed by atoms with Crippen LogP contribution in [0.5, 0.6) is 0 Å². The highest BCUT2D eigenvalue weighted by atomic mass is 16.3. The van der Waals surface area contributed by atoms with Gasteiger partial charge in [0.1, 0.15) is 5.58 Å². The summed E-state index contributed by atoms with van der Waals surface area (Å²) < 4.78 is 6.34. The van der Waals surface area contributed by atoms with Gasteiger partial charge >= 0.3 is 0 Å². The van der Waals surface area contributed by atoms with Gasteiger partial charge in [-0.15, -0.1) is 0 Å². The number of rotatable bonds is 3. The third-order valence-corrected chi connectivity index (χ3v) is 6.63. The van der Waals surface area contributed by atoms with Crippen molar-refractivity contribution in [1.29, 1.82) is 0 Å². The van der Waals surface area contributed by atoms with Gasteiger partial charge in [-0.25, -0.2) is 0 Å². The number of furan rings is 1. The second-order valence-electron chi connectivity index (χ2n) is 8.68. The molecule has 0 atom stereocenters. The van der Waals surface area contributed by atoms with Crippen molar-refractivity contribution in [1.82, 2.24) is 0 Å². The summed E-state index contributed by atoms with van der Waals surface area (Å²) in [5.41, 5.74) is 6.25. The van der Waals surface area contributed by atoms with E-state index in [9.17, 15) is 0 Å². The van der Waals surface area contributed by atoms with E-state index < -0.39 is 0 Å². The van der Waals surface area contributed by atoms with Crippen LogP contribution in [0.25, 0.3) is 54.6 Å². The van der Waals surface area contributed by atoms with Gasteiger partial charge in [-0.2, -0.15) is 0 Å². The molecule has 0 aliphatic heterocycles. The van der Waals surface area contributed by atoms with Gasteiger partial charge < -0.3 is 9.73 Å². The van der Waals surface area contributed by atoms with E-state index in [-0.39, 0.29) is 0 Å². The molecule has 0 radical (unpaired) electrons. The highest BCUT2D eigenvalue weighted by molar-refractivity contribution is 6.22. The summed E-state index contributed by atoms with van der Waals surface area (Å²) in [4.78, 5) is 0. The zero-order chi connectivity index (χ0) is 22.5. The molecule has 160 valence electrons. The van der Waals surface area contributed by atoms with Gasteiger partial charge in [0, 0.05) is 16.5 Å². The van der Waals surface area contributed by atoms with Crippen LogP contribution in [0.4, 0.5) is 11.4 Å². The molecule has 0 spiro atoms. The number of para-hydroxylation sites is 1. The third kappa shape index (κ3) is 2.96. The average Bonchev–Trinajstić information content (AvgIpc) is 3.29. The number of hydrogen-bond donors (Lipinski definition) is 1. The Morgan fingerprint density at radius 1 is 0.529 bits per heavy atom. The molecule has 0 bridgehead atoms. The summed E-state index contributed by atoms with van der Waals surface area (Å²) in [6, 6.07) is 42.6. The number of anilines is 2. The van der Waals surface area contributed by atoms with Crippen LogP contribution in [-0.2, 0) is 0 Å². The molecule has 0 fully saturated rings. The van der Waals surface area contributed by atoms with E-state index >= 15 is 0 Å². The highest BCUT2D eigenvalue weighted by Gasteiger charge is 2.15. The molecule has 1 heterocycles. The average molecular weight is 436 g/mol. The van der Waals surface area contributed by atoms with Gasteiger partial charge in [-0.1, -0.05) is 97.1 Å². The zero-order valence-corrected chi connectivity index (χ0v) is 18.5. The minimum absolute atomic E-state index is 0.887. The van der Waals surface area contributed by atoms with Gasteiger partial charge in [0.05, 0.1) is 5.69 Å². The van der Waals surface area contributed by atoms with Crippen molar-refractivity contribution in [3.63, 3.8) is 0 Å². The van der Waals surface area contributed by atoms with Crippen LogP contribution in [0.1, 0.15) is 0 Å². The van der Waals surface area contributed by atoms with E-state index in [2.05, 4.69) is 115 Å². The Morgan fingerprint density at radius 2 is 1.21 bits per heavy atom. The number of nitrogens with one attached hydrogen (secondary N) is 1. The Hall–Kier alpha value is -4.56. The first-order chi connectivity index (χ1) is 16.8. The van der Waals surface area contributed by atoms with Crippen molar-refractivity contribution in [3.8, 4) is 11.1 Å². The lowest BCUT2D eigenvalue weighted by Crippen LogP contribution is -1.92. The molecule has 2 nitrogen and oxygen atoms in total. The van der Waals surface area contributed by atoms with Crippen LogP contribution < -0.4 is 5.32 Å². The summed E-state index contributed by atoms with van der Waals surface area (Å²) >= 11 is 0. The van der Waals surface area contributed by atoms with Crippen molar-refractivity contribution in [2.45, 2.75) is 0 Å². The minimum Gasteiger partial charge on any atom is -0.454 e. The molecule has 1 N–H and O–H groups in total. The zero-order valence-electron chi connectivity index (χ0n) is 18.5. The highest BCUT2D eigenvalue weighted by Crippen LogP contribution is 2.40. The molecule has 0 unspecified atom stereocenters. The Kier molecular flexibility index (Phi) is 4.18. The minimum atomic E-state index is 0.887. The number of hydrogen-bond acceptors (Lipinski definition) is 2. The van der Waals surface area contributed by atoms with Gasteiger partial charge in [-0.05, 0) is 56.9 Å². The van der Waals surface area contributed by atoms with Crippen LogP contribution in [-0.4, -0.2) is 0 Å². The Labute approximate surface area is 197 Å². The maximum Gasteiger partial charge on any atom is 0.159 e. The normalized spacial score (nSPS) is 11.5. The van der Waals surface area contributed by atoms with Crippen LogP contribution in [0, 0.1) is 0 Å². The topological polar surface area (TPSA) is 25.2 Å². The lowest BCUT2D eigenvalue weighted by molar-refractivity contribution is 0.670. The molecule has 0 amide bonds. The molecule has 1 aromatic heterocycles. The standard InChI is InChI=1S/C32H21NO/c1-3-11-25-21(8-1)10-7-14-26(25)22-16-18-24(19-17-22)33-29-20-23-9-2-4-12-27(23)31-28-13-5-6-15-30(28)34-32(29)31/h1-20,33H.